The highest BCUT2D eigenvalue weighted by molar-refractivity contribution is 7.98. The number of hydrogen-bond acceptors (Lipinski definition) is 2. The maximum absolute atomic E-state index is 12.3. The van der Waals surface area contributed by atoms with E-state index >= 15 is 0 Å². The van der Waals surface area contributed by atoms with Crippen molar-refractivity contribution in [1.29, 1.82) is 0 Å². The van der Waals surface area contributed by atoms with E-state index in [-0.39, 0.29) is 5.91 Å². The summed E-state index contributed by atoms with van der Waals surface area (Å²) >= 11 is 1.64. The zero-order valence-electron chi connectivity index (χ0n) is 11.4. The molecule has 0 saturated heterocycles. The minimum Gasteiger partial charge on any atom is -0.322 e. The fraction of sp³-hybridized carbons (Fsp3) is 0.188. The van der Waals surface area contributed by atoms with Crippen molar-refractivity contribution in [1.82, 2.24) is 0 Å². The summed E-state index contributed by atoms with van der Waals surface area (Å²) in [6.45, 7) is 3.98. The summed E-state index contributed by atoms with van der Waals surface area (Å²) in [5.41, 5.74) is 3.72. The molecular formula is C16H17NOS. The molecule has 3 heteroatoms. The van der Waals surface area contributed by atoms with E-state index < -0.39 is 0 Å². The molecule has 98 valence electrons. The highest BCUT2D eigenvalue weighted by Gasteiger charge is 2.10. The summed E-state index contributed by atoms with van der Waals surface area (Å²) < 4.78 is 0. The van der Waals surface area contributed by atoms with E-state index in [0.29, 0.717) is 0 Å². The van der Waals surface area contributed by atoms with Gasteiger partial charge in [-0.05, 0) is 49.9 Å². The molecule has 19 heavy (non-hydrogen) atoms. The predicted molar refractivity (Wildman–Crippen MR) is 82.1 cm³/mol. The van der Waals surface area contributed by atoms with Gasteiger partial charge in [0.1, 0.15) is 0 Å². The molecule has 0 heterocycles. The van der Waals surface area contributed by atoms with Gasteiger partial charge < -0.3 is 5.32 Å². The van der Waals surface area contributed by atoms with Crippen LogP contribution in [0.3, 0.4) is 0 Å². The van der Waals surface area contributed by atoms with E-state index in [1.54, 1.807) is 11.8 Å². The third-order valence-corrected chi connectivity index (χ3v) is 3.72. The van der Waals surface area contributed by atoms with Crippen LogP contribution in [-0.4, -0.2) is 12.2 Å². The van der Waals surface area contributed by atoms with E-state index in [1.807, 2.05) is 62.6 Å². The van der Waals surface area contributed by atoms with Crippen LogP contribution in [0.15, 0.2) is 47.4 Å². The van der Waals surface area contributed by atoms with Crippen molar-refractivity contribution in [3.05, 3.63) is 59.2 Å². The van der Waals surface area contributed by atoms with E-state index in [2.05, 4.69) is 5.32 Å². The molecule has 0 aliphatic rings. The van der Waals surface area contributed by atoms with Gasteiger partial charge in [-0.15, -0.1) is 11.8 Å². The Labute approximate surface area is 118 Å². The predicted octanol–water partition coefficient (Wildman–Crippen LogP) is 4.28. The number of carbonyl (C=O) groups excluding carboxylic acids is 1. The fourth-order valence-electron chi connectivity index (χ4n) is 1.81. The first-order valence-electron chi connectivity index (χ1n) is 6.13. The highest BCUT2D eigenvalue weighted by atomic mass is 32.2. The normalized spacial score (nSPS) is 10.3. The third-order valence-electron chi connectivity index (χ3n) is 3.00. The van der Waals surface area contributed by atoms with Crippen molar-refractivity contribution in [3.63, 3.8) is 0 Å². The number of thioether (sulfide) groups is 1. The lowest BCUT2D eigenvalue weighted by atomic mass is 10.1. The van der Waals surface area contributed by atoms with Crippen molar-refractivity contribution < 1.29 is 4.79 Å². The molecule has 0 aliphatic carbocycles. The van der Waals surface area contributed by atoms with Gasteiger partial charge in [-0.25, -0.2) is 0 Å². The Bertz CT molecular complexity index is 590. The maximum atomic E-state index is 12.3. The molecule has 0 fully saturated rings. The summed E-state index contributed by atoms with van der Waals surface area (Å²) in [7, 11) is 0. The molecule has 0 radical (unpaired) electrons. The van der Waals surface area contributed by atoms with Crippen molar-refractivity contribution in [2.45, 2.75) is 18.7 Å². The van der Waals surface area contributed by atoms with Crippen LogP contribution >= 0.6 is 11.8 Å². The Morgan fingerprint density at radius 2 is 1.74 bits per heavy atom. The van der Waals surface area contributed by atoms with Crippen LogP contribution in [0.4, 0.5) is 5.69 Å². The summed E-state index contributed by atoms with van der Waals surface area (Å²) in [4.78, 5) is 13.4. The van der Waals surface area contributed by atoms with Crippen LogP contribution in [-0.2, 0) is 0 Å². The molecule has 0 bridgehead atoms. The van der Waals surface area contributed by atoms with Gasteiger partial charge >= 0.3 is 0 Å². The van der Waals surface area contributed by atoms with Gasteiger partial charge in [0.2, 0.25) is 0 Å². The van der Waals surface area contributed by atoms with E-state index in [0.717, 1.165) is 21.7 Å². The zero-order valence-corrected chi connectivity index (χ0v) is 12.2. The summed E-state index contributed by atoms with van der Waals surface area (Å²) in [5, 5.41) is 2.93. The molecule has 1 amide bonds. The molecule has 0 spiro atoms. The summed E-state index contributed by atoms with van der Waals surface area (Å²) in [6.07, 6.45) is 2.01. The molecule has 0 aromatic heterocycles. The highest BCUT2D eigenvalue weighted by Crippen LogP contribution is 2.20. The number of anilines is 1. The second kappa shape index (κ2) is 5.93. The largest absolute Gasteiger partial charge is 0.322 e. The lowest BCUT2D eigenvalue weighted by Gasteiger charge is -2.09. The van der Waals surface area contributed by atoms with Gasteiger partial charge in [0.25, 0.3) is 5.91 Å². The minimum atomic E-state index is -0.0581. The maximum Gasteiger partial charge on any atom is 0.255 e. The van der Waals surface area contributed by atoms with Gasteiger partial charge in [-0.3, -0.25) is 4.79 Å². The molecule has 0 saturated carbocycles. The number of amides is 1. The summed E-state index contributed by atoms with van der Waals surface area (Å²) in [5.74, 6) is -0.0581. The molecular weight excluding hydrogens is 254 g/mol. The van der Waals surface area contributed by atoms with Gasteiger partial charge in [-0.1, -0.05) is 23.8 Å². The number of benzene rings is 2. The van der Waals surface area contributed by atoms with E-state index in [4.69, 9.17) is 0 Å². The van der Waals surface area contributed by atoms with Crippen LogP contribution in [0.5, 0.6) is 0 Å². The molecule has 0 atom stereocenters. The molecule has 1 N–H and O–H groups in total. The Balaban J connectivity index is 2.22. The topological polar surface area (TPSA) is 29.1 Å². The molecule has 2 aromatic carbocycles. The van der Waals surface area contributed by atoms with Gasteiger partial charge in [0.15, 0.2) is 0 Å². The van der Waals surface area contributed by atoms with Crippen LogP contribution in [0.1, 0.15) is 21.5 Å². The summed E-state index contributed by atoms with van der Waals surface area (Å²) in [6, 6.07) is 13.8. The number of aryl methyl sites for hydroxylation is 2. The molecule has 0 aliphatic heterocycles. The Morgan fingerprint density at radius 3 is 2.37 bits per heavy atom. The second-order valence-corrected chi connectivity index (χ2v) is 5.38. The first-order chi connectivity index (χ1) is 9.10. The van der Waals surface area contributed by atoms with Gasteiger partial charge in [0, 0.05) is 16.1 Å². The molecule has 0 unspecified atom stereocenters. The lowest BCUT2D eigenvalue weighted by molar-refractivity contribution is 0.102. The zero-order chi connectivity index (χ0) is 13.8. The van der Waals surface area contributed by atoms with Crippen LogP contribution in [0, 0.1) is 13.8 Å². The Kier molecular flexibility index (Phi) is 4.27. The number of nitrogens with one attached hydrogen (secondary N) is 1. The monoisotopic (exact) mass is 271 g/mol. The van der Waals surface area contributed by atoms with Crippen molar-refractivity contribution in [2.75, 3.05) is 11.6 Å². The van der Waals surface area contributed by atoms with Crippen LogP contribution in [0.25, 0.3) is 0 Å². The van der Waals surface area contributed by atoms with Gasteiger partial charge in [-0.2, -0.15) is 0 Å². The fourth-order valence-corrected chi connectivity index (χ4v) is 2.25. The van der Waals surface area contributed by atoms with E-state index in [1.165, 1.54) is 5.56 Å². The second-order valence-electron chi connectivity index (χ2n) is 4.50. The average molecular weight is 271 g/mol. The van der Waals surface area contributed by atoms with Crippen molar-refractivity contribution in [2.24, 2.45) is 0 Å². The quantitative estimate of drug-likeness (QED) is 0.844. The third kappa shape index (κ3) is 3.38. The molecule has 2 aromatic rings. The van der Waals surface area contributed by atoms with Gasteiger partial charge in [0.05, 0.1) is 0 Å². The lowest BCUT2D eigenvalue weighted by Crippen LogP contribution is -2.13. The SMILES string of the molecule is CSc1ccc(C)c(C(=O)Nc2ccc(C)cc2)c1. The number of hydrogen-bond donors (Lipinski definition) is 1. The Hall–Kier alpha value is -1.74. The van der Waals surface area contributed by atoms with Crippen LogP contribution in [0.2, 0.25) is 0 Å². The number of rotatable bonds is 3. The first kappa shape index (κ1) is 13.7. The molecule has 2 nitrogen and oxygen atoms in total. The average Bonchev–Trinajstić information content (AvgIpc) is 2.42. The van der Waals surface area contributed by atoms with E-state index in [9.17, 15) is 4.79 Å². The number of carbonyl (C=O) groups is 1. The van der Waals surface area contributed by atoms with Crippen LogP contribution < -0.4 is 5.32 Å². The molecule has 2 rings (SSSR count). The van der Waals surface area contributed by atoms with Crippen molar-refractivity contribution >= 4 is 23.4 Å². The standard InChI is InChI=1S/C16H17NOS/c1-11-4-7-13(8-5-11)17-16(18)15-10-14(19-3)9-6-12(15)2/h4-10H,1-3H3,(H,17,18). The first-order valence-corrected chi connectivity index (χ1v) is 7.35. The Morgan fingerprint density at radius 1 is 1.05 bits per heavy atom. The minimum absolute atomic E-state index is 0.0581. The van der Waals surface area contributed by atoms with Crippen molar-refractivity contribution in [3.8, 4) is 0 Å². The smallest absolute Gasteiger partial charge is 0.255 e.